The average molecular weight is 468 g/mol. The summed E-state index contributed by atoms with van der Waals surface area (Å²) in [5.74, 6) is 6.59. The first-order valence-electron chi connectivity index (χ1n) is 11.2. The number of carbonyl (C=O) groups is 1. The van der Waals surface area contributed by atoms with Crippen LogP contribution in [0, 0.1) is 17.8 Å². The summed E-state index contributed by atoms with van der Waals surface area (Å²) < 4.78 is 33.2. The molecule has 0 unspecified atom stereocenters. The van der Waals surface area contributed by atoms with Gasteiger partial charge in [0.25, 0.3) is 0 Å². The Bertz CT molecular complexity index is 1120. The van der Waals surface area contributed by atoms with Gasteiger partial charge in [-0.2, -0.15) is 0 Å². The van der Waals surface area contributed by atoms with Crippen molar-refractivity contribution < 1.29 is 17.9 Å². The van der Waals surface area contributed by atoms with E-state index in [0.29, 0.717) is 32.1 Å². The van der Waals surface area contributed by atoms with Crippen LogP contribution in [0.1, 0.15) is 25.3 Å². The second-order valence-corrected chi connectivity index (χ2v) is 10.1. The number of anilines is 1. The number of benzene rings is 2. The minimum absolute atomic E-state index is 0.205. The standard InChI is InChI=1S/C25H29N3O4S/c1-2-6-23-18-27(25(29)32-19-21-7-4-3-5-8-21)15-16-28(23)22-11-13-24(14-12-22)33(30,31)26-17-20-9-10-20/h3-5,7-8,11-14,20,23,26H,9-10,15-19H2,1H3/t23-/m0/s1. The first-order valence-corrected chi connectivity index (χ1v) is 12.7. The summed E-state index contributed by atoms with van der Waals surface area (Å²) in [4.78, 5) is 16.6. The Hall–Kier alpha value is -3.02. The van der Waals surface area contributed by atoms with E-state index in [0.717, 1.165) is 24.1 Å². The van der Waals surface area contributed by atoms with E-state index in [-0.39, 0.29) is 23.6 Å². The number of nitrogens with one attached hydrogen (secondary N) is 1. The van der Waals surface area contributed by atoms with Crippen LogP contribution in [0.5, 0.6) is 0 Å². The molecular weight excluding hydrogens is 438 g/mol. The molecular formula is C25H29N3O4S. The molecule has 1 aliphatic carbocycles. The van der Waals surface area contributed by atoms with E-state index in [9.17, 15) is 13.2 Å². The molecule has 1 atom stereocenters. The molecule has 1 aliphatic heterocycles. The van der Waals surface area contributed by atoms with E-state index < -0.39 is 10.0 Å². The molecule has 0 spiro atoms. The summed E-state index contributed by atoms with van der Waals surface area (Å²) in [6.45, 7) is 3.99. The third-order valence-corrected chi connectivity index (χ3v) is 7.33. The first-order chi connectivity index (χ1) is 16.0. The summed E-state index contributed by atoms with van der Waals surface area (Å²) in [5.41, 5.74) is 1.82. The van der Waals surface area contributed by atoms with E-state index in [1.165, 1.54) is 0 Å². The van der Waals surface area contributed by atoms with Gasteiger partial charge >= 0.3 is 6.09 Å². The zero-order valence-electron chi connectivity index (χ0n) is 18.7. The maximum atomic E-state index is 12.6. The summed E-state index contributed by atoms with van der Waals surface area (Å²) in [5, 5.41) is 0. The maximum Gasteiger partial charge on any atom is 0.410 e. The third-order valence-electron chi connectivity index (χ3n) is 5.89. The molecule has 1 heterocycles. The smallest absolute Gasteiger partial charge is 0.410 e. The van der Waals surface area contributed by atoms with E-state index in [2.05, 4.69) is 21.5 Å². The van der Waals surface area contributed by atoms with Crippen molar-refractivity contribution in [2.24, 2.45) is 5.92 Å². The monoisotopic (exact) mass is 467 g/mol. The van der Waals surface area contributed by atoms with Crippen molar-refractivity contribution >= 4 is 21.8 Å². The highest BCUT2D eigenvalue weighted by molar-refractivity contribution is 7.89. The van der Waals surface area contributed by atoms with Crippen LogP contribution in [0.3, 0.4) is 0 Å². The Labute approximate surface area is 195 Å². The molecule has 8 heteroatoms. The van der Waals surface area contributed by atoms with Crippen LogP contribution in [0.15, 0.2) is 59.5 Å². The van der Waals surface area contributed by atoms with Crippen molar-refractivity contribution in [2.75, 3.05) is 31.1 Å². The predicted molar refractivity (Wildman–Crippen MR) is 127 cm³/mol. The Morgan fingerprint density at radius 2 is 1.82 bits per heavy atom. The SMILES string of the molecule is CC#C[C@H]1CN(C(=O)OCc2ccccc2)CCN1c1ccc(S(=O)(=O)NCC2CC2)cc1. The first kappa shape index (κ1) is 23.1. The molecule has 0 aromatic heterocycles. The lowest BCUT2D eigenvalue weighted by Gasteiger charge is -2.40. The fraction of sp³-hybridized carbons (Fsp3) is 0.400. The number of ether oxygens (including phenoxy) is 1. The molecule has 33 heavy (non-hydrogen) atoms. The lowest BCUT2D eigenvalue weighted by atomic mass is 10.1. The van der Waals surface area contributed by atoms with Gasteiger partial charge in [0.1, 0.15) is 12.6 Å². The molecule has 2 aromatic carbocycles. The number of nitrogens with zero attached hydrogens (tertiary/aromatic N) is 2. The molecule has 0 bridgehead atoms. The third kappa shape index (κ3) is 6.06. The van der Waals surface area contributed by atoms with E-state index in [1.54, 1.807) is 36.1 Å². The fourth-order valence-corrected chi connectivity index (χ4v) is 4.92. The highest BCUT2D eigenvalue weighted by Crippen LogP contribution is 2.28. The van der Waals surface area contributed by atoms with Crippen molar-refractivity contribution in [2.45, 2.75) is 37.3 Å². The van der Waals surface area contributed by atoms with Gasteiger partial charge in [0.05, 0.1) is 11.4 Å². The van der Waals surface area contributed by atoms with Crippen LogP contribution in [0.4, 0.5) is 10.5 Å². The number of carbonyl (C=O) groups excluding carboxylic acids is 1. The largest absolute Gasteiger partial charge is 0.445 e. The maximum absolute atomic E-state index is 12.6. The van der Waals surface area contributed by atoms with E-state index in [4.69, 9.17) is 4.74 Å². The molecule has 0 radical (unpaired) electrons. The Balaban J connectivity index is 1.38. The van der Waals surface area contributed by atoms with Gasteiger partial charge in [-0.3, -0.25) is 0 Å². The summed E-state index contributed by atoms with van der Waals surface area (Å²) in [6, 6.07) is 16.2. The van der Waals surface area contributed by atoms with Gasteiger partial charge in [0, 0.05) is 25.3 Å². The van der Waals surface area contributed by atoms with Gasteiger partial charge in [0.2, 0.25) is 10.0 Å². The topological polar surface area (TPSA) is 79.0 Å². The van der Waals surface area contributed by atoms with Crippen molar-refractivity contribution in [1.29, 1.82) is 0 Å². The molecule has 2 fully saturated rings. The molecule has 1 N–H and O–H groups in total. The van der Waals surface area contributed by atoms with Crippen LogP contribution in [0.2, 0.25) is 0 Å². The Morgan fingerprint density at radius 3 is 2.48 bits per heavy atom. The molecule has 1 saturated carbocycles. The average Bonchev–Trinajstić information content (AvgIpc) is 3.67. The normalized spacial score (nSPS) is 18.4. The Morgan fingerprint density at radius 1 is 1.09 bits per heavy atom. The fourth-order valence-electron chi connectivity index (χ4n) is 3.81. The lowest BCUT2D eigenvalue weighted by molar-refractivity contribution is 0.0916. The van der Waals surface area contributed by atoms with Crippen molar-refractivity contribution in [1.82, 2.24) is 9.62 Å². The summed E-state index contributed by atoms with van der Waals surface area (Å²) in [7, 11) is -3.50. The van der Waals surface area contributed by atoms with Crippen LogP contribution in [-0.4, -0.2) is 51.6 Å². The molecule has 174 valence electrons. The van der Waals surface area contributed by atoms with E-state index >= 15 is 0 Å². The van der Waals surface area contributed by atoms with Gasteiger partial charge in [0.15, 0.2) is 0 Å². The van der Waals surface area contributed by atoms with Crippen molar-refractivity contribution in [3.05, 3.63) is 60.2 Å². The number of piperazine rings is 1. The minimum atomic E-state index is -3.50. The van der Waals surface area contributed by atoms with Crippen LogP contribution in [-0.2, 0) is 21.4 Å². The number of hydrogen-bond donors (Lipinski definition) is 1. The Kier molecular flexibility index (Phi) is 7.21. The predicted octanol–water partition coefficient (Wildman–Crippen LogP) is 3.23. The number of hydrogen-bond acceptors (Lipinski definition) is 5. The summed E-state index contributed by atoms with van der Waals surface area (Å²) in [6.07, 6.45) is 1.82. The summed E-state index contributed by atoms with van der Waals surface area (Å²) >= 11 is 0. The van der Waals surface area contributed by atoms with Gasteiger partial charge in [-0.15, -0.1) is 5.92 Å². The molecule has 7 nitrogen and oxygen atoms in total. The number of sulfonamides is 1. The number of amides is 1. The zero-order valence-corrected chi connectivity index (χ0v) is 19.6. The van der Waals surface area contributed by atoms with Gasteiger partial charge in [-0.25, -0.2) is 17.9 Å². The molecule has 4 rings (SSSR count). The van der Waals surface area contributed by atoms with Crippen LogP contribution < -0.4 is 9.62 Å². The second-order valence-electron chi connectivity index (χ2n) is 8.38. The lowest BCUT2D eigenvalue weighted by Crippen LogP contribution is -2.54. The van der Waals surface area contributed by atoms with Crippen molar-refractivity contribution in [3.63, 3.8) is 0 Å². The minimum Gasteiger partial charge on any atom is -0.445 e. The highest BCUT2D eigenvalue weighted by Gasteiger charge is 2.30. The highest BCUT2D eigenvalue weighted by atomic mass is 32.2. The molecule has 1 amide bonds. The number of rotatable bonds is 7. The second kappa shape index (κ2) is 10.3. The van der Waals surface area contributed by atoms with E-state index in [1.807, 2.05) is 30.3 Å². The zero-order chi connectivity index (χ0) is 23.3. The molecule has 2 aliphatic rings. The quantitative estimate of drug-likeness (QED) is 0.633. The van der Waals surface area contributed by atoms with Gasteiger partial charge < -0.3 is 14.5 Å². The van der Waals surface area contributed by atoms with Gasteiger partial charge in [-0.1, -0.05) is 36.3 Å². The van der Waals surface area contributed by atoms with Crippen LogP contribution >= 0.6 is 0 Å². The molecule has 1 saturated heterocycles. The van der Waals surface area contributed by atoms with Crippen LogP contribution in [0.25, 0.3) is 0 Å². The van der Waals surface area contributed by atoms with Crippen molar-refractivity contribution in [3.8, 4) is 11.8 Å². The molecule has 2 aromatic rings. The van der Waals surface area contributed by atoms with Gasteiger partial charge in [-0.05, 0) is 55.5 Å².